The van der Waals surface area contributed by atoms with Gasteiger partial charge in [0, 0.05) is 0 Å². The highest BCUT2D eigenvalue weighted by molar-refractivity contribution is 4.95. The van der Waals surface area contributed by atoms with Crippen molar-refractivity contribution >= 4 is 0 Å². The maximum atomic E-state index is 8.64. The zero-order valence-electron chi connectivity index (χ0n) is 6.73. The van der Waals surface area contributed by atoms with Gasteiger partial charge in [-0.3, -0.25) is 4.52 Å². The number of rotatable bonds is 4. The van der Waals surface area contributed by atoms with Crippen LogP contribution in [-0.2, 0) is 0 Å². The van der Waals surface area contributed by atoms with Crippen LogP contribution in [-0.4, -0.2) is 28.5 Å². The zero-order chi connectivity index (χ0) is 8.97. The zero-order valence-corrected chi connectivity index (χ0v) is 6.73. The highest BCUT2D eigenvalue weighted by Gasteiger charge is 2.13. The Balaban J connectivity index is 2.63. The van der Waals surface area contributed by atoms with Crippen LogP contribution in [0.5, 0.6) is 6.08 Å². The third-order valence-corrected chi connectivity index (χ3v) is 1.22. The topological polar surface area (TPSA) is 94.4 Å². The third kappa shape index (κ3) is 1.93. The average molecular weight is 173 g/mol. The molecular formula is C6H11N3O3. The van der Waals surface area contributed by atoms with Crippen LogP contribution in [0.1, 0.15) is 18.8 Å². The predicted octanol–water partition coefficient (Wildman–Crippen LogP) is -0.540. The maximum absolute atomic E-state index is 8.64. The largest absolute Gasteiger partial charge is 0.449 e. The van der Waals surface area contributed by atoms with E-state index in [1.54, 1.807) is 6.92 Å². The first-order valence-corrected chi connectivity index (χ1v) is 3.60. The van der Waals surface area contributed by atoms with Crippen molar-refractivity contribution < 1.29 is 14.4 Å². The van der Waals surface area contributed by atoms with Crippen LogP contribution >= 0.6 is 0 Å². The van der Waals surface area contributed by atoms with Gasteiger partial charge in [0.15, 0.2) is 5.82 Å². The minimum absolute atomic E-state index is 0.0800. The predicted molar refractivity (Wildman–Crippen MR) is 39.5 cm³/mol. The Kier molecular flexibility index (Phi) is 3.01. The Bertz CT molecular complexity index is 238. The number of hydrogen-bond donors (Lipinski definition) is 2. The molecule has 0 bridgehead atoms. The first kappa shape index (κ1) is 8.95. The summed E-state index contributed by atoms with van der Waals surface area (Å²) in [5.74, 6) is 0.251. The van der Waals surface area contributed by atoms with Crippen molar-refractivity contribution in [1.29, 1.82) is 0 Å². The van der Waals surface area contributed by atoms with Crippen LogP contribution in [0.25, 0.3) is 0 Å². The molecule has 1 unspecified atom stereocenters. The molecule has 0 aliphatic rings. The Morgan fingerprint density at radius 1 is 1.75 bits per heavy atom. The molecule has 1 atom stereocenters. The highest BCUT2D eigenvalue weighted by atomic mass is 16.6. The van der Waals surface area contributed by atoms with E-state index in [0.29, 0.717) is 6.61 Å². The van der Waals surface area contributed by atoms with Gasteiger partial charge in [-0.05, 0) is 6.92 Å². The molecule has 0 aromatic carbocycles. The van der Waals surface area contributed by atoms with Gasteiger partial charge in [0.25, 0.3) is 0 Å². The average Bonchev–Trinajstić information content (AvgIpc) is 2.52. The molecule has 3 N–H and O–H groups in total. The molecule has 1 rings (SSSR count). The van der Waals surface area contributed by atoms with Gasteiger partial charge in [-0.15, -0.1) is 0 Å². The lowest BCUT2D eigenvalue weighted by molar-refractivity contribution is 0.214. The summed E-state index contributed by atoms with van der Waals surface area (Å²) in [6.45, 7) is 2.04. The van der Waals surface area contributed by atoms with Crippen molar-refractivity contribution in [3.63, 3.8) is 0 Å². The molecule has 1 heterocycles. The lowest BCUT2D eigenvalue weighted by Gasteiger charge is -1.98. The van der Waals surface area contributed by atoms with Crippen molar-refractivity contribution in [3.05, 3.63) is 5.82 Å². The van der Waals surface area contributed by atoms with E-state index in [0.717, 1.165) is 0 Å². The van der Waals surface area contributed by atoms with E-state index in [4.69, 9.17) is 15.6 Å². The molecule has 0 radical (unpaired) electrons. The fourth-order valence-corrected chi connectivity index (χ4v) is 0.635. The van der Waals surface area contributed by atoms with Gasteiger partial charge >= 0.3 is 6.08 Å². The number of hydrogen-bond acceptors (Lipinski definition) is 6. The molecule has 0 aliphatic heterocycles. The van der Waals surface area contributed by atoms with Gasteiger partial charge < -0.3 is 15.6 Å². The van der Waals surface area contributed by atoms with Gasteiger partial charge in [-0.1, -0.05) is 5.16 Å². The fraction of sp³-hybridized carbons (Fsp3) is 0.667. The SMILES string of the molecule is CCOc1nc(C(N)CO)no1. The van der Waals surface area contributed by atoms with Crippen molar-refractivity contribution in [2.45, 2.75) is 13.0 Å². The molecule has 1 aromatic heterocycles. The standard InChI is InChI=1S/C6H11N3O3/c1-2-11-6-8-5(9-12-6)4(7)3-10/h4,10H,2-3,7H2,1H3. The first-order valence-electron chi connectivity index (χ1n) is 3.60. The minimum Gasteiger partial charge on any atom is -0.449 e. The summed E-state index contributed by atoms with van der Waals surface area (Å²) in [4.78, 5) is 3.79. The Hall–Kier alpha value is -1.14. The van der Waals surface area contributed by atoms with E-state index >= 15 is 0 Å². The molecule has 0 amide bonds. The Morgan fingerprint density at radius 3 is 3.08 bits per heavy atom. The molecule has 0 fully saturated rings. The summed E-state index contributed by atoms with van der Waals surface area (Å²) in [5, 5.41) is 12.1. The number of aliphatic hydroxyl groups excluding tert-OH is 1. The molecule has 0 saturated carbocycles. The minimum atomic E-state index is -0.608. The van der Waals surface area contributed by atoms with Crippen molar-refractivity contribution in [2.75, 3.05) is 13.2 Å². The molecule has 1 aromatic rings. The second-order valence-electron chi connectivity index (χ2n) is 2.14. The second kappa shape index (κ2) is 4.03. The quantitative estimate of drug-likeness (QED) is 0.635. The van der Waals surface area contributed by atoms with Gasteiger partial charge in [0.05, 0.1) is 19.3 Å². The van der Waals surface area contributed by atoms with E-state index in [2.05, 4.69) is 14.7 Å². The van der Waals surface area contributed by atoms with Crippen molar-refractivity contribution in [2.24, 2.45) is 5.73 Å². The van der Waals surface area contributed by atoms with Gasteiger partial charge in [-0.25, -0.2) is 0 Å². The van der Waals surface area contributed by atoms with Crippen LogP contribution in [0, 0.1) is 0 Å². The molecule has 12 heavy (non-hydrogen) atoms. The first-order chi connectivity index (χ1) is 5.77. The van der Waals surface area contributed by atoms with Crippen LogP contribution < -0.4 is 10.5 Å². The Morgan fingerprint density at radius 2 is 2.50 bits per heavy atom. The lowest BCUT2D eigenvalue weighted by Crippen LogP contribution is -2.15. The molecule has 0 saturated heterocycles. The normalized spacial score (nSPS) is 12.9. The number of nitrogens with zero attached hydrogens (tertiary/aromatic N) is 2. The van der Waals surface area contributed by atoms with E-state index in [1.165, 1.54) is 0 Å². The fourth-order valence-electron chi connectivity index (χ4n) is 0.635. The molecule has 0 spiro atoms. The van der Waals surface area contributed by atoms with E-state index in [-0.39, 0.29) is 18.5 Å². The Labute approximate surface area is 69.3 Å². The number of aromatic nitrogens is 2. The monoisotopic (exact) mass is 173 g/mol. The smallest absolute Gasteiger partial charge is 0.417 e. The van der Waals surface area contributed by atoms with Crippen LogP contribution in [0.2, 0.25) is 0 Å². The number of nitrogens with two attached hydrogens (primary N) is 1. The summed E-state index contributed by atoms with van der Waals surface area (Å²) in [6, 6.07) is -0.608. The van der Waals surface area contributed by atoms with Crippen LogP contribution in [0.3, 0.4) is 0 Å². The third-order valence-electron chi connectivity index (χ3n) is 1.22. The van der Waals surface area contributed by atoms with E-state index in [9.17, 15) is 0 Å². The summed E-state index contributed by atoms with van der Waals surface area (Å²) in [5.41, 5.74) is 5.41. The van der Waals surface area contributed by atoms with Crippen molar-refractivity contribution in [1.82, 2.24) is 10.1 Å². The molecule has 6 nitrogen and oxygen atoms in total. The summed E-state index contributed by atoms with van der Waals surface area (Å²) in [7, 11) is 0. The van der Waals surface area contributed by atoms with Gasteiger partial charge in [0.1, 0.15) is 0 Å². The molecule has 0 aliphatic carbocycles. The molecule has 68 valence electrons. The second-order valence-corrected chi connectivity index (χ2v) is 2.14. The van der Waals surface area contributed by atoms with Crippen LogP contribution in [0.4, 0.5) is 0 Å². The van der Waals surface area contributed by atoms with Gasteiger partial charge in [-0.2, -0.15) is 4.98 Å². The number of ether oxygens (including phenoxy) is 1. The van der Waals surface area contributed by atoms with Crippen molar-refractivity contribution in [3.8, 4) is 6.08 Å². The lowest BCUT2D eigenvalue weighted by atomic mass is 10.3. The summed E-state index contributed by atoms with van der Waals surface area (Å²) < 4.78 is 9.56. The number of aliphatic hydroxyl groups is 1. The van der Waals surface area contributed by atoms with E-state index < -0.39 is 6.04 Å². The molecular weight excluding hydrogens is 162 g/mol. The maximum Gasteiger partial charge on any atom is 0.417 e. The summed E-state index contributed by atoms with van der Waals surface area (Å²) in [6.07, 6.45) is 0.0800. The van der Waals surface area contributed by atoms with Gasteiger partial charge in [0.2, 0.25) is 0 Å². The molecule has 6 heteroatoms. The highest BCUT2D eigenvalue weighted by Crippen LogP contribution is 2.10. The van der Waals surface area contributed by atoms with E-state index in [1.807, 2.05) is 0 Å². The van der Waals surface area contributed by atoms with Crippen LogP contribution in [0.15, 0.2) is 4.52 Å². The summed E-state index contributed by atoms with van der Waals surface area (Å²) >= 11 is 0.